The van der Waals surface area contributed by atoms with E-state index < -0.39 is 19.0 Å². The molecule has 0 atom stereocenters. The first-order chi connectivity index (χ1) is 9.36. The fourth-order valence-corrected chi connectivity index (χ4v) is 1.99. The van der Waals surface area contributed by atoms with Crippen molar-refractivity contribution in [2.75, 3.05) is 13.2 Å². The van der Waals surface area contributed by atoms with Gasteiger partial charge in [0.25, 0.3) is 0 Å². The molecule has 114 valence electrons. The van der Waals surface area contributed by atoms with E-state index in [4.69, 9.17) is 0 Å². The molecule has 1 aromatic rings. The third kappa shape index (κ3) is 5.38. The number of rotatable bonds is 8. The molecular weight excluding hydrogens is 342 g/mol. The van der Waals surface area contributed by atoms with E-state index in [-0.39, 0.29) is 6.61 Å². The van der Waals surface area contributed by atoms with Crippen LogP contribution in [0.5, 0.6) is 0 Å². The summed E-state index contributed by atoms with van der Waals surface area (Å²) in [6.07, 6.45) is -3.71. The third-order valence-corrected chi connectivity index (χ3v) is 3.31. The van der Waals surface area contributed by atoms with E-state index in [1.807, 2.05) is 19.1 Å². The SMILES string of the molecule is CCNCc1ccc(COCC(F)(F)C(F)F)c(Br)c1. The summed E-state index contributed by atoms with van der Waals surface area (Å²) < 4.78 is 54.6. The van der Waals surface area contributed by atoms with Gasteiger partial charge in [-0.05, 0) is 23.7 Å². The number of nitrogens with one attached hydrogen (secondary N) is 1. The first-order valence-corrected chi connectivity index (χ1v) is 6.88. The van der Waals surface area contributed by atoms with Crippen molar-refractivity contribution < 1.29 is 22.3 Å². The first kappa shape index (κ1) is 17.4. The van der Waals surface area contributed by atoms with Crippen LogP contribution in [0.4, 0.5) is 17.6 Å². The Balaban J connectivity index is 2.52. The normalized spacial score (nSPS) is 12.2. The van der Waals surface area contributed by atoms with E-state index in [0.29, 0.717) is 16.6 Å². The lowest BCUT2D eigenvalue weighted by molar-refractivity contribution is -0.168. The Morgan fingerprint density at radius 1 is 1.35 bits per heavy atom. The lowest BCUT2D eigenvalue weighted by Crippen LogP contribution is -2.32. The largest absolute Gasteiger partial charge is 0.370 e. The van der Waals surface area contributed by atoms with Gasteiger partial charge in [-0.1, -0.05) is 35.0 Å². The van der Waals surface area contributed by atoms with Crippen LogP contribution in [0.15, 0.2) is 22.7 Å². The number of ether oxygens (including phenoxy) is 1. The molecule has 0 amide bonds. The van der Waals surface area contributed by atoms with E-state index in [1.54, 1.807) is 6.07 Å². The van der Waals surface area contributed by atoms with Gasteiger partial charge in [-0.25, -0.2) is 8.78 Å². The van der Waals surface area contributed by atoms with Gasteiger partial charge in [-0.15, -0.1) is 0 Å². The highest BCUT2D eigenvalue weighted by atomic mass is 79.9. The van der Waals surface area contributed by atoms with E-state index in [0.717, 1.165) is 12.1 Å². The first-order valence-electron chi connectivity index (χ1n) is 6.08. The van der Waals surface area contributed by atoms with Crippen LogP contribution in [0.3, 0.4) is 0 Å². The number of alkyl halides is 4. The quantitative estimate of drug-likeness (QED) is 0.710. The number of halogens is 5. The van der Waals surface area contributed by atoms with Gasteiger partial charge in [0.2, 0.25) is 0 Å². The average molecular weight is 358 g/mol. The van der Waals surface area contributed by atoms with Crippen molar-refractivity contribution in [2.24, 2.45) is 0 Å². The molecule has 0 aliphatic heterocycles. The molecule has 0 bridgehead atoms. The fourth-order valence-electron chi connectivity index (χ4n) is 1.45. The van der Waals surface area contributed by atoms with Gasteiger partial charge in [0.05, 0.1) is 6.61 Å². The summed E-state index contributed by atoms with van der Waals surface area (Å²) in [5.74, 6) is -4.11. The van der Waals surface area contributed by atoms with Gasteiger partial charge >= 0.3 is 12.3 Å². The molecule has 0 saturated carbocycles. The third-order valence-electron chi connectivity index (χ3n) is 2.57. The lowest BCUT2D eigenvalue weighted by Gasteiger charge is -2.15. The van der Waals surface area contributed by atoms with Crippen molar-refractivity contribution in [2.45, 2.75) is 32.4 Å². The summed E-state index contributed by atoms with van der Waals surface area (Å²) in [7, 11) is 0. The maximum absolute atomic E-state index is 12.7. The molecule has 0 fully saturated rings. The van der Waals surface area contributed by atoms with Crippen LogP contribution in [0.25, 0.3) is 0 Å². The summed E-state index contributed by atoms with van der Waals surface area (Å²) in [4.78, 5) is 0. The van der Waals surface area contributed by atoms with Crippen molar-refractivity contribution >= 4 is 15.9 Å². The van der Waals surface area contributed by atoms with Crippen LogP contribution in [-0.4, -0.2) is 25.5 Å². The van der Waals surface area contributed by atoms with Gasteiger partial charge < -0.3 is 10.1 Å². The van der Waals surface area contributed by atoms with Gasteiger partial charge in [-0.2, -0.15) is 8.78 Å². The van der Waals surface area contributed by atoms with Gasteiger partial charge in [0.1, 0.15) is 6.61 Å². The second kappa shape index (κ2) is 7.95. The Morgan fingerprint density at radius 3 is 2.60 bits per heavy atom. The maximum Gasteiger partial charge on any atom is 0.330 e. The lowest BCUT2D eigenvalue weighted by atomic mass is 10.1. The summed E-state index contributed by atoms with van der Waals surface area (Å²) in [6.45, 7) is 2.08. The minimum atomic E-state index is -4.11. The van der Waals surface area contributed by atoms with E-state index in [9.17, 15) is 17.6 Å². The average Bonchev–Trinajstić information content (AvgIpc) is 2.38. The topological polar surface area (TPSA) is 21.3 Å². The van der Waals surface area contributed by atoms with E-state index >= 15 is 0 Å². The molecule has 0 aliphatic carbocycles. The second-order valence-electron chi connectivity index (χ2n) is 4.26. The molecule has 1 N–H and O–H groups in total. The molecule has 0 unspecified atom stereocenters. The summed E-state index contributed by atoms with van der Waals surface area (Å²) >= 11 is 3.31. The van der Waals surface area contributed by atoms with E-state index in [1.165, 1.54) is 0 Å². The van der Waals surface area contributed by atoms with Crippen LogP contribution in [0, 0.1) is 0 Å². The number of hydrogen-bond acceptors (Lipinski definition) is 2. The minimum absolute atomic E-state index is 0.148. The predicted octanol–water partition coefficient (Wildman–Crippen LogP) is 3.98. The van der Waals surface area contributed by atoms with Crippen LogP contribution in [0.1, 0.15) is 18.1 Å². The molecule has 0 aromatic heterocycles. The molecular formula is C13H16BrF4NO. The van der Waals surface area contributed by atoms with E-state index in [2.05, 4.69) is 26.0 Å². The zero-order valence-electron chi connectivity index (χ0n) is 10.9. The molecule has 0 heterocycles. The fraction of sp³-hybridized carbons (Fsp3) is 0.538. The maximum atomic E-state index is 12.7. The highest BCUT2D eigenvalue weighted by Gasteiger charge is 2.40. The molecule has 1 rings (SSSR count). The van der Waals surface area contributed by atoms with Crippen molar-refractivity contribution in [1.82, 2.24) is 5.32 Å². The minimum Gasteiger partial charge on any atom is -0.370 e. The van der Waals surface area contributed by atoms with Crippen molar-refractivity contribution in [3.8, 4) is 0 Å². The molecule has 7 heteroatoms. The van der Waals surface area contributed by atoms with Gasteiger partial charge in [0, 0.05) is 11.0 Å². The summed E-state index contributed by atoms with van der Waals surface area (Å²) in [5.41, 5.74) is 1.66. The van der Waals surface area contributed by atoms with Crippen LogP contribution in [0.2, 0.25) is 0 Å². The van der Waals surface area contributed by atoms with Crippen LogP contribution < -0.4 is 5.32 Å². The Labute approximate surface area is 123 Å². The highest BCUT2D eigenvalue weighted by molar-refractivity contribution is 9.10. The van der Waals surface area contributed by atoms with Crippen molar-refractivity contribution in [3.05, 3.63) is 33.8 Å². The second-order valence-corrected chi connectivity index (χ2v) is 5.11. The summed E-state index contributed by atoms with van der Waals surface area (Å²) in [5, 5.41) is 3.15. The van der Waals surface area contributed by atoms with Crippen LogP contribution >= 0.6 is 15.9 Å². The standard InChI is InChI=1S/C13H16BrF4NO/c1-2-19-6-9-3-4-10(11(14)5-9)7-20-8-13(17,18)12(15)16/h3-5,12,19H,2,6-8H2,1H3. The summed E-state index contributed by atoms with van der Waals surface area (Å²) in [6, 6.07) is 5.39. The molecule has 0 saturated heterocycles. The highest BCUT2D eigenvalue weighted by Crippen LogP contribution is 2.25. The van der Waals surface area contributed by atoms with Crippen molar-refractivity contribution in [1.29, 1.82) is 0 Å². The predicted molar refractivity (Wildman–Crippen MR) is 72.1 cm³/mol. The molecule has 0 aliphatic rings. The smallest absolute Gasteiger partial charge is 0.330 e. The Hall–Kier alpha value is -0.660. The Kier molecular flexibility index (Phi) is 6.91. The molecule has 1 aromatic carbocycles. The zero-order valence-corrected chi connectivity index (χ0v) is 12.5. The molecule has 20 heavy (non-hydrogen) atoms. The number of benzene rings is 1. The molecule has 2 nitrogen and oxygen atoms in total. The van der Waals surface area contributed by atoms with Crippen LogP contribution in [-0.2, 0) is 17.9 Å². The Bertz CT molecular complexity index is 429. The Morgan fingerprint density at radius 2 is 2.05 bits per heavy atom. The van der Waals surface area contributed by atoms with Crippen molar-refractivity contribution in [3.63, 3.8) is 0 Å². The van der Waals surface area contributed by atoms with Gasteiger partial charge in [-0.3, -0.25) is 0 Å². The van der Waals surface area contributed by atoms with Gasteiger partial charge in [0.15, 0.2) is 0 Å². The molecule has 0 radical (unpaired) electrons. The number of hydrogen-bond donors (Lipinski definition) is 1. The monoisotopic (exact) mass is 357 g/mol. The molecule has 0 spiro atoms. The zero-order chi connectivity index (χ0) is 15.2.